The lowest BCUT2D eigenvalue weighted by Crippen LogP contribution is -2.39. The Balaban J connectivity index is 1.61. The summed E-state index contributed by atoms with van der Waals surface area (Å²) in [5.41, 5.74) is 1.07. The highest BCUT2D eigenvalue weighted by Crippen LogP contribution is 2.29. The van der Waals surface area contributed by atoms with Crippen LogP contribution in [0.3, 0.4) is 0 Å². The van der Waals surface area contributed by atoms with Crippen LogP contribution in [0.1, 0.15) is 41.7 Å². The Kier molecular flexibility index (Phi) is 8.36. The third-order valence-electron chi connectivity index (χ3n) is 4.87. The van der Waals surface area contributed by atoms with Crippen molar-refractivity contribution >= 4 is 33.3 Å². The number of carbonyl (C=O) groups is 2. The normalized spacial score (nSPS) is 11.6. The SMILES string of the molecule is CCOC(=O)C(C)(C)Oc1ccc(CNC(=O)c2sc(-c3ccc(OS(C)(=O)=O)cc3)nc2C)cc1. The molecule has 0 unspecified atom stereocenters. The molecular weight excluding hydrogens is 504 g/mol. The summed E-state index contributed by atoms with van der Waals surface area (Å²) in [5.74, 6) is 0.0169. The molecule has 0 aliphatic rings. The molecule has 0 saturated carbocycles. The van der Waals surface area contributed by atoms with E-state index >= 15 is 0 Å². The summed E-state index contributed by atoms with van der Waals surface area (Å²) >= 11 is 1.24. The summed E-state index contributed by atoms with van der Waals surface area (Å²) in [4.78, 5) is 29.8. The zero-order valence-corrected chi connectivity index (χ0v) is 22.3. The van der Waals surface area contributed by atoms with Gasteiger partial charge in [0.1, 0.15) is 21.4 Å². The molecule has 0 spiro atoms. The number of benzene rings is 2. The van der Waals surface area contributed by atoms with Crippen LogP contribution < -0.4 is 14.2 Å². The molecule has 36 heavy (non-hydrogen) atoms. The number of rotatable bonds is 10. The molecule has 0 fully saturated rings. The van der Waals surface area contributed by atoms with Crippen molar-refractivity contribution in [2.75, 3.05) is 12.9 Å². The van der Waals surface area contributed by atoms with Gasteiger partial charge in [-0.3, -0.25) is 4.79 Å². The number of nitrogens with one attached hydrogen (secondary N) is 1. The van der Waals surface area contributed by atoms with Crippen LogP contribution in [0, 0.1) is 6.92 Å². The minimum Gasteiger partial charge on any atom is -0.476 e. The molecule has 0 aliphatic carbocycles. The summed E-state index contributed by atoms with van der Waals surface area (Å²) in [6, 6.07) is 13.5. The fourth-order valence-electron chi connectivity index (χ4n) is 3.14. The highest BCUT2D eigenvalue weighted by molar-refractivity contribution is 7.86. The predicted octanol–water partition coefficient (Wildman–Crippen LogP) is 4.11. The van der Waals surface area contributed by atoms with Crippen LogP contribution in [0.2, 0.25) is 0 Å². The molecule has 3 rings (SSSR count). The molecule has 1 amide bonds. The van der Waals surface area contributed by atoms with Gasteiger partial charge in [0.2, 0.25) is 0 Å². The van der Waals surface area contributed by atoms with Crippen LogP contribution >= 0.6 is 11.3 Å². The number of aryl methyl sites for hydroxylation is 1. The molecule has 0 atom stereocenters. The minimum absolute atomic E-state index is 0.202. The monoisotopic (exact) mass is 532 g/mol. The van der Waals surface area contributed by atoms with Crippen LogP contribution in [0.15, 0.2) is 48.5 Å². The van der Waals surface area contributed by atoms with Crippen molar-refractivity contribution < 1.29 is 31.7 Å². The number of ether oxygens (including phenoxy) is 2. The number of esters is 1. The molecule has 0 bridgehead atoms. The first-order valence-corrected chi connectivity index (χ1v) is 13.7. The largest absolute Gasteiger partial charge is 0.476 e. The van der Waals surface area contributed by atoms with Gasteiger partial charge in [0.25, 0.3) is 5.91 Å². The van der Waals surface area contributed by atoms with Gasteiger partial charge < -0.3 is 19.0 Å². The third kappa shape index (κ3) is 7.28. The van der Waals surface area contributed by atoms with E-state index in [1.54, 1.807) is 52.0 Å². The van der Waals surface area contributed by atoms with Gasteiger partial charge in [-0.25, -0.2) is 9.78 Å². The molecule has 1 heterocycles. The predicted molar refractivity (Wildman–Crippen MR) is 137 cm³/mol. The maximum atomic E-state index is 12.8. The molecule has 1 aromatic heterocycles. The number of thiazole rings is 1. The smallest absolute Gasteiger partial charge is 0.349 e. The number of hydrogen-bond acceptors (Lipinski definition) is 9. The summed E-state index contributed by atoms with van der Waals surface area (Å²) < 4.78 is 38.1. The van der Waals surface area contributed by atoms with Crippen LogP contribution in [0.4, 0.5) is 0 Å². The van der Waals surface area contributed by atoms with E-state index in [4.69, 9.17) is 13.7 Å². The van der Waals surface area contributed by atoms with E-state index in [0.29, 0.717) is 27.9 Å². The summed E-state index contributed by atoms with van der Waals surface area (Å²) in [6.07, 6.45) is 0.977. The van der Waals surface area contributed by atoms with Crippen LogP contribution in [0.5, 0.6) is 11.5 Å². The van der Waals surface area contributed by atoms with Gasteiger partial charge in [-0.05, 0) is 69.7 Å². The standard InChI is InChI=1S/C25H28N2O7S2/c1-6-32-24(29)25(3,4)33-19-11-7-17(8-12-19)15-26-22(28)21-16(2)27-23(35-21)18-9-13-20(14-10-18)34-36(5,30)31/h7-14H,6,15H2,1-5H3,(H,26,28). The number of amides is 1. The van der Waals surface area contributed by atoms with Crippen molar-refractivity contribution in [3.63, 3.8) is 0 Å². The summed E-state index contributed by atoms with van der Waals surface area (Å²) in [6.45, 7) is 7.35. The fraction of sp³-hybridized carbons (Fsp3) is 0.320. The van der Waals surface area contributed by atoms with Crippen molar-refractivity contribution in [2.24, 2.45) is 0 Å². The molecule has 11 heteroatoms. The van der Waals surface area contributed by atoms with E-state index in [9.17, 15) is 18.0 Å². The Bertz CT molecular complexity index is 1330. The molecule has 2 aromatic carbocycles. The minimum atomic E-state index is -3.61. The number of aromatic nitrogens is 1. The summed E-state index contributed by atoms with van der Waals surface area (Å²) in [7, 11) is -3.61. The van der Waals surface area contributed by atoms with E-state index < -0.39 is 21.7 Å². The van der Waals surface area contributed by atoms with Gasteiger partial charge in [-0.15, -0.1) is 11.3 Å². The Labute approximate surface area is 214 Å². The van der Waals surface area contributed by atoms with E-state index in [1.165, 1.54) is 23.5 Å². The van der Waals surface area contributed by atoms with E-state index in [-0.39, 0.29) is 18.3 Å². The first-order valence-electron chi connectivity index (χ1n) is 11.1. The molecule has 192 valence electrons. The lowest BCUT2D eigenvalue weighted by Gasteiger charge is -2.24. The molecule has 0 aliphatic heterocycles. The Morgan fingerprint density at radius 2 is 1.64 bits per heavy atom. The third-order valence-corrected chi connectivity index (χ3v) is 6.57. The van der Waals surface area contributed by atoms with Gasteiger partial charge in [-0.1, -0.05) is 12.1 Å². The number of nitrogens with zero attached hydrogens (tertiary/aromatic N) is 1. The second-order valence-corrected chi connectivity index (χ2v) is 11.0. The molecule has 0 saturated heterocycles. The highest BCUT2D eigenvalue weighted by Gasteiger charge is 2.31. The molecule has 9 nitrogen and oxygen atoms in total. The van der Waals surface area contributed by atoms with Crippen LogP contribution in [-0.4, -0.2) is 43.7 Å². The van der Waals surface area contributed by atoms with Crippen LogP contribution in [0.25, 0.3) is 10.6 Å². The van der Waals surface area contributed by atoms with Gasteiger partial charge in [-0.2, -0.15) is 8.42 Å². The van der Waals surface area contributed by atoms with Crippen molar-refractivity contribution in [3.05, 3.63) is 64.7 Å². The van der Waals surface area contributed by atoms with E-state index in [0.717, 1.165) is 17.4 Å². The Hall–Kier alpha value is -3.44. The van der Waals surface area contributed by atoms with Crippen molar-refractivity contribution in [1.82, 2.24) is 10.3 Å². The van der Waals surface area contributed by atoms with Gasteiger partial charge in [0, 0.05) is 12.1 Å². The fourth-order valence-corrected chi connectivity index (χ4v) is 4.59. The maximum Gasteiger partial charge on any atom is 0.349 e. The van der Waals surface area contributed by atoms with Crippen LogP contribution in [-0.2, 0) is 26.2 Å². The maximum absolute atomic E-state index is 12.8. The van der Waals surface area contributed by atoms with E-state index in [2.05, 4.69) is 10.3 Å². The van der Waals surface area contributed by atoms with Gasteiger partial charge in [0.15, 0.2) is 5.60 Å². The van der Waals surface area contributed by atoms with Crippen molar-refractivity contribution in [3.8, 4) is 22.1 Å². The zero-order valence-electron chi connectivity index (χ0n) is 20.7. The Morgan fingerprint density at radius 1 is 1.03 bits per heavy atom. The van der Waals surface area contributed by atoms with E-state index in [1.807, 2.05) is 12.1 Å². The number of carbonyl (C=O) groups excluding carboxylic acids is 2. The first kappa shape index (κ1) is 27.2. The lowest BCUT2D eigenvalue weighted by atomic mass is 10.1. The topological polar surface area (TPSA) is 121 Å². The highest BCUT2D eigenvalue weighted by atomic mass is 32.2. The molecule has 1 N–H and O–H groups in total. The first-order chi connectivity index (χ1) is 16.9. The average Bonchev–Trinajstić information content (AvgIpc) is 3.19. The quantitative estimate of drug-likeness (QED) is 0.306. The Morgan fingerprint density at radius 3 is 2.22 bits per heavy atom. The number of hydrogen-bond donors (Lipinski definition) is 1. The van der Waals surface area contributed by atoms with Crippen molar-refractivity contribution in [2.45, 2.75) is 39.8 Å². The molecule has 0 radical (unpaired) electrons. The second-order valence-electron chi connectivity index (χ2n) is 8.40. The van der Waals surface area contributed by atoms with Gasteiger partial charge in [0.05, 0.1) is 18.6 Å². The molecular formula is C25H28N2O7S2. The second kappa shape index (κ2) is 11.1. The average molecular weight is 533 g/mol. The lowest BCUT2D eigenvalue weighted by molar-refractivity contribution is -0.158. The molecule has 3 aromatic rings. The van der Waals surface area contributed by atoms with Gasteiger partial charge >= 0.3 is 16.1 Å². The summed E-state index contributed by atoms with van der Waals surface area (Å²) in [5, 5.41) is 3.52. The zero-order chi connectivity index (χ0) is 26.5. The van der Waals surface area contributed by atoms with Crippen molar-refractivity contribution in [1.29, 1.82) is 0 Å².